The van der Waals surface area contributed by atoms with Gasteiger partial charge >= 0.3 is 0 Å². The summed E-state index contributed by atoms with van der Waals surface area (Å²) in [5.74, 6) is 1.97. The minimum Gasteiger partial charge on any atom is -0.464 e. The van der Waals surface area contributed by atoms with Gasteiger partial charge < -0.3 is 9.73 Å². The Kier molecular flexibility index (Phi) is 3.46. The molecule has 1 N–H and O–H groups in total. The zero-order chi connectivity index (χ0) is 11.5. The highest BCUT2D eigenvalue weighted by Crippen LogP contribution is 2.29. The summed E-state index contributed by atoms with van der Waals surface area (Å²) in [4.78, 5) is 2.65. The van der Waals surface area contributed by atoms with Crippen LogP contribution in [0.3, 0.4) is 0 Å². The topological polar surface area (TPSA) is 25.2 Å². The molecule has 16 heavy (non-hydrogen) atoms. The van der Waals surface area contributed by atoms with Crippen molar-refractivity contribution in [1.29, 1.82) is 0 Å². The van der Waals surface area contributed by atoms with Crippen molar-refractivity contribution in [3.63, 3.8) is 0 Å². The van der Waals surface area contributed by atoms with E-state index in [0.717, 1.165) is 18.1 Å². The second kappa shape index (κ2) is 4.85. The number of hydrogen-bond acceptors (Lipinski definition) is 3. The van der Waals surface area contributed by atoms with Gasteiger partial charge in [0.1, 0.15) is 17.6 Å². The van der Waals surface area contributed by atoms with Crippen LogP contribution in [0, 0.1) is 13.8 Å². The van der Waals surface area contributed by atoms with E-state index in [1.165, 1.54) is 9.75 Å². The Balaban J connectivity index is 2.30. The van der Waals surface area contributed by atoms with Crippen LogP contribution in [0.15, 0.2) is 28.7 Å². The first-order valence-corrected chi connectivity index (χ1v) is 6.38. The number of hydrogen-bond donors (Lipinski definition) is 1. The fraction of sp³-hybridized carbons (Fsp3) is 0.385. The van der Waals surface area contributed by atoms with E-state index in [2.05, 4.69) is 37.4 Å². The van der Waals surface area contributed by atoms with E-state index in [0.29, 0.717) is 0 Å². The fourth-order valence-electron chi connectivity index (χ4n) is 1.76. The Labute approximate surface area is 100 Å². The lowest BCUT2D eigenvalue weighted by molar-refractivity contribution is 0.437. The molecule has 0 aliphatic heterocycles. The molecule has 0 amide bonds. The smallest absolute Gasteiger partial charge is 0.126 e. The maximum absolute atomic E-state index is 5.71. The molecule has 0 spiro atoms. The Morgan fingerprint density at radius 3 is 2.56 bits per heavy atom. The Bertz CT molecular complexity index is 418. The standard InChI is InChI=1S/C13H17NOS/c1-4-14-13(11-7-5-9(2)15-11)12-8-6-10(3)16-12/h5-8,13-14H,4H2,1-3H3. The first-order valence-electron chi connectivity index (χ1n) is 5.56. The molecule has 0 aromatic carbocycles. The fourth-order valence-corrected chi connectivity index (χ4v) is 2.72. The molecule has 2 heterocycles. The average molecular weight is 235 g/mol. The van der Waals surface area contributed by atoms with Crippen LogP contribution in [0.5, 0.6) is 0 Å². The molecule has 0 saturated heterocycles. The van der Waals surface area contributed by atoms with E-state index in [4.69, 9.17) is 4.42 Å². The molecule has 2 rings (SSSR count). The largest absolute Gasteiger partial charge is 0.464 e. The predicted octanol–water partition coefficient (Wildman–Crippen LogP) is 3.66. The Morgan fingerprint density at radius 2 is 2.06 bits per heavy atom. The lowest BCUT2D eigenvalue weighted by Crippen LogP contribution is -2.20. The maximum atomic E-state index is 5.71. The van der Waals surface area contributed by atoms with Crippen molar-refractivity contribution in [2.24, 2.45) is 0 Å². The molecule has 0 aliphatic carbocycles. The summed E-state index contributed by atoms with van der Waals surface area (Å²) in [6, 6.07) is 8.58. The van der Waals surface area contributed by atoms with E-state index < -0.39 is 0 Å². The van der Waals surface area contributed by atoms with Gasteiger partial charge in [0.05, 0.1) is 0 Å². The molecule has 0 aliphatic rings. The minimum absolute atomic E-state index is 0.192. The van der Waals surface area contributed by atoms with Gasteiger partial charge in [0.15, 0.2) is 0 Å². The van der Waals surface area contributed by atoms with Crippen LogP contribution < -0.4 is 5.32 Å². The van der Waals surface area contributed by atoms with Crippen LogP contribution in [0.4, 0.5) is 0 Å². The number of rotatable bonds is 4. The van der Waals surface area contributed by atoms with Crippen molar-refractivity contribution >= 4 is 11.3 Å². The maximum Gasteiger partial charge on any atom is 0.126 e. The molecule has 1 unspecified atom stereocenters. The van der Waals surface area contributed by atoms with Crippen molar-refractivity contribution in [3.05, 3.63) is 45.5 Å². The highest BCUT2D eigenvalue weighted by molar-refractivity contribution is 7.12. The molecule has 3 heteroatoms. The molecule has 0 fully saturated rings. The van der Waals surface area contributed by atoms with Crippen LogP contribution >= 0.6 is 11.3 Å². The van der Waals surface area contributed by atoms with Crippen LogP contribution in [0.2, 0.25) is 0 Å². The quantitative estimate of drug-likeness (QED) is 0.875. The van der Waals surface area contributed by atoms with Crippen LogP contribution in [-0.4, -0.2) is 6.54 Å². The summed E-state index contributed by atoms with van der Waals surface area (Å²) in [5, 5.41) is 3.46. The third-order valence-corrected chi connectivity index (χ3v) is 3.57. The summed E-state index contributed by atoms with van der Waals surface area (Å²) >= 11 is 1.82. The molecule has 86 valence electrons. The number of aryl methyl sites for hydroxylation is 2. The van der Waals surface area contributed by atoms with Crippen molar-refractivity contribution in [3.8, 4) is 0 Å². The Morgan fingerprint density at radius 1 is 1.25 bits per heavy atom. The van der Waals surface area contributed by atoms with Gasteiger partial charge in [-0.05, 0) is 44.7 Å². The molecule has 1 atom stereocenters. The SMILES string of the molecule is CCNC(c1ccc(C)o1)c1ccc(C)s1. The molecule has 2 nitrogen and oxygen atoms in total. The monoisotopic (exact) mass is 235 g/mol. The summed E-state index contributed by atoms with van der Waals surface area (Å²) in [6.45, 7) is 7.15. The number of nitrogens with one attached hydrogen (secondary N) is 1. The summed E-state index contributed by atoms with van der Waals surface area (Å²) in [6.07, 6.45) is 0. The van der Waals surface area contributed by atoms with E-state index in [-0.39, 0.29) is 6.04 Å². The van der Waals surface area contributed by atoms with Gasteiger partial charge in [-0.25, -0.2) is 0 Å². The molecule has 0 saturated carbocycles. The van der Waals surface area contributed by atoms with Gasteiger partial charge in [-0.15, -0.1) is 11.3 Å². The number of thiophene rings is 1. The molecular weight excluding hydrogens is 218 g/mol. The van der Waals surface area contributed by atoms with E-state index in [1.807, 2.05) is 24.3 Å². The second-order valence-corrected chi connectivity index (χ2v) is 5.21. The number of furan rings is 1. The molecular formula is C13H17NOS. The van der Waals surface area contributed by atoms with Crippen LogP contribution in [-0.2, 0) is 0 Å². The third kappa shape index (κ3) is 2.36. The zero-order valence-electron chi connectivity index (χ0n) is 9.91. The highest BCUT2D eigenvalue weighted by atomic mass is 32.1. The van der Waals surface area contributed by atoms with E-state index in [9.17, 15) is 0 Å². The van der Waals surface area contributed by atoms with Gasteiger partial charge in [0.25, 0.3) is 0 Å². The van der Waals surface area contributed by atoms with Gasteiger partial charge in [0, 0.05) is 9.75 Å². The normalized spacial score (nSPS) is 12.9. The Hall–Kier alpha value is -1.06. The lowest BCUT2D eigenvalue weighted by atomic mass is 10.2. The average Bonchev–Trinajstić information content (AvgIpc) is 2.84. The van der Waals surface area contributed by atoms with Gasteiger partial charge in [-0.2, -0.15) is 0 Å². The molecule has 2 aromatic rings. The second-order valence-electron chi connectivity index (χ2n) is 3.89. The van der Waals surface area contributed by atoms with Crippen molar-refractivity contribution in [2.75, 3.05) is 6.54 Å². The minimum atomic E-state index is 0.192. The lowest BCUT2D eigenvalue weighted by Gasteiger charge is -2.13. The van der Waals surface area contributed by atoms with Crippen LogP contribution in [0.25, 0.3) is 0 Å². The molecule has 0 radical (unpaired) electrons. The first-order chi connectivity index (χ1) is 7.70. The van der Waals surface area contributed by atoms with Crippen molar-refractivity contribution in [1.82, 2.24) is 5.32 Å². The summed E-state index contributed by atoms with van der Waals surface area (Å²) < 4.78 is 5.71. The summed E-state index contributed by atoms with van der Waals surface area (Å²) in [5.41, 5.74) is 0. The van der Waals surface area contributed by atoms with Gasteiger partial charge in [-0.1, -0.05) is 6.92 Å². The van der Waals surface area contributed by atoms with Crippen molar-refractivity contribution < 1.29 is 4.42 Å². The highest BCUT2D eigenvalue weighted by Gasteiger charge is 2.17. The first kappa shape index (κ1) is 11.4. The third-order valence-electron chi connectivity index (χ3n) is 2.50. The summed E-state index contributed by atoms with van der Waals surface area (Å²) in [7, 11) is 0. The van der Waals surface area contributed by atoms with E-state index >= 15 is 0 Å². The molecule has 2 aromatic heterocycles. The van der Waals surface area contributed by atoms with Gasteiger partial charge in [0.2, 0.25) is 0 Å². The van der Waals surface area contributed by atoms with Gasteiger partial charge in [-0.3, -0.25) is 0 Å². The zero-order valence-corrected chi connectivity index (χ0v) is 10.7. The van der Waals surface area contributed by atoms with Crippen LogP contribution in [0.1, 0.15) is 34.2 Å². The van der Waals surface area contributed by atoms with Crippen molar-refractivity contribution in [2.45, 2.75) is 26.8 Å². The predicted molar refractivity (Wildman–Crippen MR) is 68.0 cm³/mol. The molecule has 0 bridgehead atoms. The van der Waals surface area contributed by atoms with E-state index in [1.54, 1.807) is 0 Å².